The fourth-order valence-electron chi connectivity index (χ4n) is 4.63. The number of piperidine rings is 1. The van der Waals surface area contributed by atoms with Crippen LogP contribution in [0.25, 0.3) is 0 Å². The summed E-state index contributed by atoms with van der Waals surface area (Å²) in [5.74, 6) is -0.250. The Labute approximate surface area is 188 Å². The minimum absolute atomic E-state index is 0.00476. The summed E-state index contributed by atoms with van der Waals surface area (Å²) in [6.07, 6.45) is 4.30. The minimum atomic E-state index is -0.877. The Hall–Kier alpha value is -2.97. The molecular weight excluding hydrogens is 406 g/mol. The Morgan fingerprint density at radius 1 is 1.19 bits per heavy atom. The van der Waals surface area contributed by atoms with E-state index < -0.39 is 11.6 Å². The van der Waals surface area contributed by atoms with E-state index in [2.05, 4.69) is 21.3 Å². The molecule has 8 nitrogen and oxygen atoms in total. The van der Waals surface area contributed by atoms with Gasteiger partial charge in [0.15, 0.2) is 0 Å². The average Bonchev–Trinajstić information content (AvgIpc) is 3.12. The highest BCUT2D eigenvalue weighted by Gasteiger charge is 2.45. The van der Waals surface area contributed by atoms with Crippen LogP contribution in [0.2, 0.25) is 0 Å². The number of carbonyl (C=O) groups is 2. The van der Waals surface area contributed by atoms with E-state index in [4.69, 9.17) is 0 Å². The Balaban J connectivity index is 1.45. The first-order valence-corrected chi connectivity index (χ1v) is 11.1. The first-order chi connectivity index (χ1) is 15.5. The maximum atomic E-state index is 13.0. The Morgan fingerprint density at radius 3 is 2.66 bits per heavy atom. The van der Waals surface area contributed by atoms with Gasteiger partial charge in [-0.05, 0) is 30.0 Å². The zero-order valence-corrected chi connectivity index (χ0v) is 18.5. The molecule has 2 N–H and O–H groups in total. The SMILES string of the molecule is CN1CCN(CC(=O)N[C@]2(c3ccccc3)CCN(CCc3cccnc3)C[C@H]2O)C1=O. The van der Waals surface area contributed by atoms with Crippen molar-refractivity contribution in [2.75, 3.05) is 46.3 Å². The first kappa shape index (κ1) is 22.2. The van der Waals surface area contributed by atoms with Gasteiger partial charge in [0.25, 0.3) is 0 Å². The van der Waals surface area contributed by atoms with Crippen LogP contribution >= 0.6 is 0 Å². The van der Waals surface area contributed by atoms with Crippen LogP contribution < -0.4 is 5.32 Å². The molecule has 0 bridgehead atoms. The zero-order chi connectivity index (χ0) is 22.6. The van der Waals surface area contributed by atoms with Crippen molar-refractivity contribution in [3.05, 3.63) is 66.0 Å². The number of amides is 3. The number of pyridine rings is 1. The topological polar surface area (TPSA) is 89.0 Å². The molecule has 0 aliphatic carbocycles. The highest BCUT2D eigenvalue weighted by molar-refractivity contribution is 5.85. The summed E-state index contributed by atoms with van der Waals surface area (Å²) in [5, 5.41) is 14.4. The van der Waals surface area contributed by atoms with Crippen molar-refractivity contribution in [3.8, 4) is 0 Å². The van der Waals surface area contributed by atoms with Crippen LogP contribution in [-0.2, 0) is 16.8 Å². The lowest BCUT2D eigenvalue weighted by Gasteiger charge is -2.46. The van der Waals surface area contributed by atoms with Crippen molar-refractivity contribution in [2.24, 2.45) is 0 Å². The normalized spacial score (nSPS) is 24.1. The van der Waals surface area contributed by atoms with Gasteiger partial charge in [-0.2, -0.15) is 0 Å². The summed E-state index contributed by atoms with van der Waals surface area (Å²) in [7, 11) is 1.73. The van der Waals surface area contributed by atoms with Crippen molar-refractivity contribution in [3.63, 3.8) is 0 Å². The predicted molar refractivity (Wildman–Crippen MR) is 121 cm³/mol. The van der Waals surface area contributed by atoms with Crippen molar-refractivity contribution < 1.29 is 14.7 Å². The number of hydrogen-bond acceptors (Lipinski definition) is 5. The number of rotatable bonds is 7. The molecule has 2 saturated heterocycles. The molecule has 0 saturated carbocycles. The lowest BCUT2D eigenvalue weighted by atomic mass is 9.78. The fourth-order valence-corrected chi connectivity index (χ4v) is 4.63. The second-order valence-corrected chi connectivity index (χ2v) is 8.69. The van der Waals surface area contributed by atoms with Gasteiger partial charge in [-0.15, -0.1) is 0 Å². The number of aliphatic hydroxyl groups excluding tert-OH is 1. The quantitative estimate of drug-likeness (QED) is 0.677. The smallest absolute Gasteiger partial charge is 0.320 e. The molecule has 3 amide bonds. The maximum absolute atomic E-state index is 13.0. The number of aromatic nitrogens is 1. The van der Waals surface area contributed by atoms with E-state index in [1.165, 1.54) is 0 Å². The lowest BCUT2D eigenvalue weighted by Crippen LogP contribution is -2.63. The van der Waals surface area contributed by atoms with Gasteiger partial charge < -0.3 is 25.1 Å². The monoisotopic (exact) mass is 437 g/mol. The Morgan fingerprint density at radius 2 is 2.00 bits per heavy atom. The van der Waals surface area contributed by atoms with E-state index >= 15 is 0 Å². The van der Waals surface area contributed by atoms with Gasteiger partial charge in [0, 0.05) is 52.2 Å². The molecular formula is C24H31N5O3. The Kier molecular flexibility index (Phi) is 6.72. The number of urea groups is 1. The second-order valence-electron chi connectivity index (χ2n) is 8.69. The number of likely N-dealkylation sites (tertiary alicyclic amines) is 1. The molecule has 2 fully saturated rings. The van der Waals surface area contributed by atoms with Gasteiger partial charge in [0.05, 0.1) is 11.6 Å². The van der Waals surface area contributed by atoms with Crippen LogP contribution in [0.4, 0.5) is 4.79 Å². The van der Waals surface area contributed by atoms with E-state index in [1.807, 2.05) is 42.6 Å². The van der Waals surface area contributed by atoms with Gasteiger partial charge in [0.2, 0.25) is 5.91 Å². The second kappa shape index (κ2) is 9.67. The van der Waals surface area contributed by atoms with E-state index in [0.717, 1.165) is 30.6 Å². The van der Waals surface area contributed by atoms with Gasteiger partial charge >= 0.3 is 6.03 Å². The summed E-state index contributed by atoms with van der Waals surface area (Å²) >= 11 is 0. The number of β-amino-alcohol motifs (C(OH)–C–C–N with tert-alkyl or cyclic N) is 1. The van der Waals surface area contributed by atoms with Crippen molar-refractivity contribution >= 4 is 11.9 Å². The predicted octanol–water partition coefficient (Wildman–Crippen LogP) is 1.07. The third kappa shape index (κ3) is 4.76. The summed E-state index contributed by atoms with van der Waals surface area (Å²) in [4.78, 5) is 34.7. The number of likely N-dealkylation sites (N-methyl/N-ethyl adjacent to an activating group) is 1. The molecule has 2 aliphatic rings. The number of nitrogens with zero attached hydrogens (tertiary/aromatic N) is 4. The molecule has 2 aromatic rings. The number of nitrogens with one attached hydrogen (secondary N) is 1. The van der Waals surface area contributed by atoms with Crippen LogP contribution in [0.5, 0.6) is 0 Å². The standard InChI is InChI=1S/C24H31N5O3/c1-27-14-15-29(23(27)32)18-22(31)26-24(20-7-3-2-4-8-20)10-13-28(17-21(24)30)12-9-19-6-5-11-25-16-19/h2-8,11,16,21,30H,9-10,12-15,17-18H2,1H3,(H,26,31)/t21-,24+/m1/s1. The Bertz CT molecular complexity index is 926. The third-order valence-electron chi connectivity index (χ3n) is 6.55. The van der Waals surface area contributed by atoms with E-state index in [1.54, 1.807) is 23.0 Å². The number of hydrogen-bond donors (Lipinski definition) is 2. The number of aliphatic hydroxyl groups is 1. The summed E-state index contributed by atoms with van der Waals surface area (Å²) in [5.41, 5.74) is 1.17. The van der Waals surface area contributed by atoms with Gasteiger partial charge in [-0.3, -0.25) is 9.78 Å². The maximum Gasteiger partial charge on any atom is 0.320 e. The highest BCUT2D eigenvalue weighted by Crippen LogP contribution is 2.33. The van der Waals surface area contributed by atoms with E-state index in [0.29, 0.717) is 26.1 Å². The molecule has 2 aliphatic heterocycles. The molecule has 1 aromatic heterocycles. The minimum Gasteiger partial charge on any atom is -0.389 e. The molecule has 4 rings (SSSR count). The van der Waals surface area contributed by atoms with Crippen molar-refractivity contribution in [1.29, 1.82) is 0 Å². The van der Waals surface area contributed by atoms with Gasteiger partial charge in [0.1, 0.15) is 6.54 Å². The molecule has 32 heavy (non-hydrogen) atoms. The summed E-state index contributed by atoms with van der Waals surface area (Å²) in [6, 6.07) is 13.5. The van der Waals surface area contributed by atoms with Crippen LogP contribution in [0.1, 0.15) is 17.5 Å². The van der Waals surface area contributed by atoms with E-state index in [9.17, 15) is 14.7 Å². The molecule has 2 atom stereocenters. The summed E-state index contributed by atoms with van der Waals surface area (Å²) in [6.45, 7) is 3.17. The molecule has 0 spiro atoms. The number of carbonyl (C=O) groups excluding carboxylic acids is 2. The molecule has 3 heterocycles. The molecule has 0 unspecified atom stereocenters. The molecule has 0 radical (unpaired) electrons. The molecule has 8 heteroatoms. The van der Waals surface area contributed by atoms with Gasteiger partial charge in [-0.1, -0.05) is 36.4 Å². The molecule has 1 aromatic carbocycles. The van der Waals surface area contributed by atoms with Gasteiger partial charge in [-0.25, -0.2) is 4.79 Å². The van der Waals surface area contributed by atoms with Crippen molar-refractivity contribution in [1.82, 2.24) is 25.0 Å². The third-order valence-corrected chi connectivity index (χ3v) is 6.55. The largest absolute Gasteiger partial charge is 0.389 e. The summed E-state index contributed by atoms with van der Waals surface area (Å²) < 4.78 is 0. The zero-order valence-electron chi connectivity index (χ0n) is 18.5. The molecule has 170 valence electrons. The fraction of sp³-hybridized carbons (Fsp3) is 0.458. The van der Waals surface area contributed by atoms with Crippen LogP contribution in [0.3, 0.4) is 0 Å². The highest BCUT2D eigenvalue weighted by atomic mass is 16.3. The van der Waals surface area contributed by atoms with Crippen LogP contribution in [0, 0.1) is 0 Å². The number of benzene rings is 1. The first-order valence-electron chi connectivity index (χ1n) is 11.1. The van der Waals surface area contributed by atoms with Crippen LogP contribution in [-0.4, -0.2) is 89.1 Å². The van der Waals surface area contributed by atoms with Crippen molar-refractivity contribution in [2.45, 2.75) is 24.5 Å². The average molecular weight is 438 g/mol. The van der Waals surface area contributed by atoms with E-state index in [-0.39, 0.29) is 18.5 Å². The van der Waals surface area contributed by atoms with Crippen LogP contribution in [0.15, 0.2) is 54.9 Å². The lowest BCUT2D eigenvalue weighted by molar-refractivity contribution is -0.127.